The number of amides is 1. The summed E-state index contributed by atoms with van der Waals surface area (Å²) in [4.78, 5) is 13.1. The molecule has 2 atom stereocenters. The molecule has 0 aromatic heterocycles. The molecule has 2 aromatic rings. The molecule has 6 heteroatoms. The summed E-state index contributed by atoms with van der Waals surface area (Å²) in [6.45, 7) is 9.66. The number of hydrogen-bond acceptors (Lipinski definition) is 3. The molecule has 0 aliphatic carbocycles. The van der Waals surface area contributed by atoms with Crippen LogP contribution in [0.15, 0.2) is 48.5 Å². The van der Waals surface area contributed by atoms with Gasteiger partial charge in [0.15, 0.2) is 0 Å². The first-order chi connectivity index (χ1) is 13.5. The third-order valence-corrected chi connectivity index (χ3v) is 6.02. The summed E-state index contributed by atoms with van der Waals surface area (Å²) in [6, 6.07) is 14.3. The van der Waals surface area contributed by atoms with Crippen LogP contribution < -0.4 is 9.62 Å². The highest BCUT2D eigenvalue weighted by Crippen LogP contribution is 2.26. The second-order valence-corrected chi connectivity index (χ2v) is 10.0. The fraction of sp³-hybridized carbons (Fsp3) is 0.435. The van der Waals surface area contributed by atoms with Crippen molar-refractivity contribution in [2.75, 3.05) is 10.6 Å². The maximum absolute atomic E-state index is 13.1. The first-order valence-electron chi connectivity index (χ1n) is 9.92. The van der Waals surface area contributed by atoms with Crippen molar-refractivity contribution in [1.82, 2.24) is 5.32 Å². The lowest BCUT2D eigenvalue weighted by molar-refractivity contribution is -0.122. The maximum atomic E-state index is 13.1. The number of carbonyl (C=O) groups excluding carboxylic acids is 1. The zero-order valence-electron chi connectivity index (χ0n) is 18.1. The van der Waals surface area contributed by atoms with Crippen molar-refractivity contribution >= 4 is 21.6 Å². The molecule has 5 nitrogen and oxygen atoms in total. The fourth-order valence-corrected chi connectivity index (χ4v) is 4.77. The van der Waals surface area contributed by atoms with Gasteiger partial charge in [-0.15, -0.1) is 0 Å². The molecule has 29 heavy (non-hydrogen) atoms. The van der Waals surface area contributed by atoms with Gasteiger partial charge >= 0.3 is 0 Å². The molecule has 0 fully saturated rings. The first-order valence-corrected chi connectivity index (χ1v) is 11.8. The van der Waals surface area contributed by atoms with Crippen molar-refractivity contribution in [2.24, 2.45) is 5.92 Å². The van der Waals surface area contributed by atoms with Gasteiger partial charge in [-0.2, -0.15) is 0 Å². The Morgan fingerprint density at radius 1 is 1.00 bits per heavy atom. The summed E-state index contributed by atoms with van der Waals surface area (Å²) in [5.74, 6) is 0.0605. The summed E-state index contributed by atoms with van der Waals surface area (Å²) in [7, 11) is -3.65. The van der Waals surface area contributed by atoms with Crippen molar-refractivity contribution in [1.29, 1.82) is 0 Å². The molecule has 0 heterocycles. The zero-order chi connectivity index (χ0) is 21.8. The Labute approximate surface area is 175 Å². The smallest absolute Gasteiger partial charge is 0.244 e. The molecule has 0 bridgehead atoms. The van der Waals surface area contributed by atoms with E-state index >= 15 is 0 Å². The van der Waals surface area contributed by atoms with Gasteiger partial charge in [0.05, 0.1) is 18.0 Å². The van der Waals surface area contributed by atoms with E-state index in [4.69, 9.17) is 0 Å². The predicted molar refractivity (Wildman–Crippen MR) is 119 cm³/mol. The van der Waals surface area contributed by atoms with Gasteiger partial charge < -0.3 is 5.32 Å². The highest BCUT2D eigenvalue weighted by atomic mass is 32.2. The van der Waals surface area contributed by atoms with Gasteiger partial charge in [-0.3, -0.25) is 9.10 Å². The Morgan fingerprint density at radius 2 is 1.55 bits per heavy atom. The van der Waals surface area contributed by atoms with Crippen LogP contribution in [0.3, 0.4) is 0 Å². The van der Waals surface area contributed by atoms with Crippen molar-refractivity contribution in [2.45, 2.75) is 53.1 Å². The number of nitrogens with one attached hydrogen (secondary N) is 1. The van der Waals surface area contributed by atoms with Crippen LogP contribution in [0.2, 0.25) is 0 Å². The van der Waals surface area contributed by atoms with Crippen LogP contribution in [0.1, 0.15) is 49.9 Å². The van der Waals surface area contributed by atoms with Crippen LogP contribution >= 0.6 is 0 Å². The number of carbonyl (C=O) groups is 1. The number of benzene rings is 2. The Morgan fingerprint density at radius 3 is 2.03 bits per heavy atom. The van der Waals surface area contributed by atoms with E-state index in [1.54, 1.807) is 19.1 Å². The van der Waals surface area contributed by atoms with Crippen LogP contribution in [0, 0.1) is 19.8 Å². The van der Waals surface area contributed by atoms with E-state index in [2.05, 4.69) is 19.2 Å². The molecular weight excluding hydrogens is 384 g/mol. The Kier molecular flexibility index (Phi) is 7.47. The summed E-state index contributed by atoms with van der Waals surface area (Å²) in [5.41, 5.74) is 3.42. The average molecular weight is 417 g/mol. The first kappa shape index (κ1) is 22.9. The van der Waals surface area contributed by atoms with Gasteiger partial charge in [-0.05, 0) is 61.9 Å². The molecular formula is C23H32N2O3S. The molecule has 0 aliphatic heterocycles. The SMILES string of the molecule is Cc1cc(C)cc(N([C@@H](C)C(=O)N[C@@H](CC(C)C)c2ccccc2)S(C)(=O)=O)c1. The number of hydrogen-bond donors (Lipinski definition) is 1. The van der Waals surface area contributed by atoms with Crippen LogP contribution in [0.4, 0.5) is 5.69 Å². The lowest BCUT2D eigenvalue weighted by Crippen LogP contribution is -2.48. The molecule has 0 unspecified atom stereocenters. The molecule has 0 saturated heterocycles. The molecule has 0 spiro atoms. The van der Waals surface area contributed by atoms with E-state index in [0.717, 1.165) is 29.4 Å². The molecule has 0 aliphatic rings. The number of nitrogens with zero attached hydrogens (tertiary/aromatic N) is 1. The van der Waals surface area contributed by atoms with E-state index in [9.17, 15) is 13.2 Å². The Balaban J connectivity index is 2.34. The summed E-state index contributed by atoms with van der Waals surface area (Å²) in [6.07, 6.45) is 1.90. The van der Waals surface area contributed by atoms with Crippen LogP contribution in [0.5, 0.6) is 0 Å². The molecule has 2 aromatic carbocycles. The minimum absolute atomic E-state index is 0.174. The topological polar surface area (TPSA) is 66.5 Å². The van der Waals surface area contributed by atoms with Gasteiger partial charge in [0.25, 0.3) is 0 Å². The highest BCUT2D eigenvalue weighted by molar-refractivity contribution is 7.92. The lowest BCUT2D eigenvalue weighted by Gasteiger charge is -2.31. The second-order valence-electron chi connectivity index (χ2n) is 8.18. The minimum atomic E-state index is -3.65. The normalized spacial score (nSPS) is 13.8. The molecule has 0 radical (unpaired) electrons. The Bertz CT molecular complexity index is 920. The van der Waals surface area contributed by atoms with E-state index in [0.29, 0.717) is 11.6 Å². The number of anilines is 1. The van der Waals surface area contributed by atoms with E-state index in [-0.39, 0.29) is 11.9 Å². The molecule has 1 N–H and O–H groups in total. The summed E-state index contributed by atoms with van der Waals surface area (Å²) < 4.78 is 26.4. The third-order valence-electron chi connectivity index (χ3n) is 4.77. The number of sulfonamides is 1. The van der Waals surface area contributed by atoms with E-state index in [1.807, 2.05) is 50.2 Å². The molecule has 0 saturated carbocycles. The predicted octanol–water partition coefficient (Wildman–Crippen LogP) is 4.36. The second kappa shape index (κ2) is 9.44. The largest absolute Gasteiger partial charge is 0.347 e. The molecule has 2 rings (SSSR count). The van der Waals surface area contributed by atoms with Crippen LogP contribution in [-0.2, 0) is 14.8 Å². The van der Waals surface area contributed by atoms with Gasteiger partial charge in [-0.1, -0.05) is 50.2 Å². The summed E-state index contributed by atoms with van der Waals surface area (Å²) in [5, 5.41) is 3.07. The van der Waals surface area contributed by atoms with E-state index < -0.39 is 16.1 Å². The minimum Gasteiger partial charge on any atom is -0.347 e. The van der Waals surface area contributed by atoms with Crippen molar-refractivity contribution < 1.29 is 13.2 Å². The Hall–Kier alpha value is -2.34. The maximum Gasteiger partial charge on any atom is 0.244 e. The average Bonchev–Trinajstić information content (AvgIpc) is 2.59. The summed E-state index contributed by atoms with van der Waals surface area (Å²) >= 11 is 0. The zero-order valence-corrected chi connectivity index (χ0v) is 19.0. The monoisotopic (exact) mass is 416 g/mol. The quantitative estimate of drug-likeness (QED) is 0.695. The van der Waals surface area contributed by atoms with Crippen LogP contribution in [0.25, 0.3) is 0 Å². The standard InChI is InChI=1S/C23H32N2O3S/c1-16(2)12-22(20-10-8-7-9-11-20)24-23(26)19(5)25(29(6,27)28)21-14-17(3)13-18(4)15-21/h7-11,13-16,19,22H,12H2,1-6H3,(H,24,26)/t19-,22-/m0/s1. The fourth-order valence-electron chi connectivity index (χ4n) is 3.61. The van der Waals surface area contributed by atoms with Crippen molar-refractivity contribution in [3.63, 3.8) is 0 Å². The molecule has 1 amide bonds. The van der Waals surface area contributed by atoms with Gasteiger partial charge in [0.2, 0.25) is 15.9 Å². The van der Waals surface area contributed by atoms with Crippen LogP contribution in [-0.4, -0.2) is 26.6 Å². The molecule has 158 valence electrons. The number of aryl methyl sites for hydroxylation is 2. The third kappa shape index (κ3) is 6.32. The highest BCUT2D eigenvalue weighted by Gasteiger charge is 2.31. The lowest BCUT2D eigenvalue weighted by atomic mass is 9.96. The van der Waals surface area contributed by atoms with Crippen molar-refractivity contribution in [3.8, 4) is 0 Å². The van der Waals surface area contributed by atoms with Gasteiger partial charge in [0.1, 0.15) is 6.04 Å². The van der Waals surface area contributed by atoms with Crippen molar-refractivity contribution in [3.05, 3.63) is 65.2 Å². The number of rotatable bonds is 8. The van der Waals surface area contributed by atoms with Gasteiger partial charge in [-0.25, -0.2) is 8.42 Å². The van der Waals surface area contributed by atoms with E-state index in [1.165, 1.54) is 4.31 Å². The van der Waals surface area contributed by atoms with Gasteiger partial charge in [0, 0.05) is 0 Å².